The highest BCUT2D eigenvalue weighted by Gasteiger charge is 2.43. The van der Waals surface area contributed by atoms with Crippen molar-refractivity contribution in [3.63, 3.8) is 0 Å². The van der Waals surface area contributed by atoms with Crippen LogP contribution in [0.3, 0.4) is 0 Å². The quantitative estimate of drug-likeness (QED) is 0.0566. The highest BCUT2D eigenvalue weighted by atomic mass is 19.1. The molecule has 50 heavy (non-hydrogen) atoms. The number of aromatic hydroxyl groups is 1. The summed E-state index contributed by atoms with van der Waals surface area (Å²) in [7, 11) is 0. The molecule has 1 saturated carbocycles. The number of para-hydroxylation sites is 1. The maximum absolute atomic E-state index is 14.3. The number of aromatic nitrogens is 3. The standard InChI is InChI=1S/C37H39F2N7O4/c1-3-20-14-31(47)28(39)16-26(20)21-8-10-24-29(12-21)45-46-34(24)37-42-30-13-22(17-41-36(30)43-37)35(48)25-11-9-23(15-33(25)49-18-19(2)44-40)50-32-7-5-4-6-27(32)38/h4-7,9,11,13-17,19,21,24,29,34,44-47H,3,8,10,12,18,40H2,1-2H3,(H,41,42,43). The normalized spacial score (nSPS) is 20.8. The van der Waals surface area contributed by atoms with Crippen molar-refractivity contribution in [3.8, 4) is 23.0 Å². The van der Waals surface area contributed by atoms with Crippen LogP contribution in [0, 0.1) is 17.6 Å². The van der Waals surface area contributed by atoms with E-state index < -0.39 is 11.6 Å². The molecule has 5 atom stereocenters. The molecule has 1 aliphatic carbocycles. The summed E-state index contributed by atoms with van der Waals surface area (Å²) in [5.41, 5.74) is 13.1. The number of ether oxygens (including phenoxy) is 2. The fraction of sp³-hybridized carbons (Fsp3) is 0.324. The van der Waals surface area contributed by atoms with Gasteiger partial charge < -0.3 is 19.6 Å². The minimum Gasteiger partial charge on any atom is -0.505 e. The van der Waals surface area contributed by atoms with E-state index in [1.54, 1.807) is 42.5 Å². The first kappa shape index (κ1) is 33.5. The molecule has 7 N–H and O–H groups in total. The fourth-order valence-electron chi connectivity index (χ4n) is 7.06. The van der Waals surface area contributed by atoms with Crippen LogP contribution in [0.2, 0.25) is 0 Å². The van der Waals surface area contributed by atoms with Gasteiger partial charge in [-0.25, -0.2) is 24.2 Å². The summed E-state index contributed by atoms with van der Waals surface area (Å²) in [4.78, 5) is 26.5. The Balaban J connectivity index is 1.10. The van der Waals surface area contributed by atoms with Crippen LogP contribution in [-0.2, 0) is 6.42 Å². The van der Waals surface area contributed by atoms with Gasteiger partial charge in [0.1, 0.15) is 23.9 Å². The highest BCUT2D eigenvalue weighted by Crippen LogP contribution is 2.44. The average Bonchev–Trinajstić information content (AvgIpc) is 3.75. The zero-order chi connectivity index (χ0) is 34.9. The molecule has 3 aromatic carbocycles. The van der Waals surface area contributed by atoms with E-state index in [0.717, 1.165) is 30.4 Å². The number of hydrogen-bond acceptors (Lipinski definition) is 10. The number of fused-ring (bicyclic) bond motifs is 2. The first-order valence-electron chi connectivity index (χ1n) is 16.8. The van der Waals surface area contributed by atoms with Crippen LogP contribution in [0.25, 0.3) is 11.2 Å². The summed E-state index contributed by atoms with van der Waals surface area (Å²) in [6.45, 7) is 4.01. The summed E-state index contributed by atoms with van der Waals surface area (Å²) in [5.74, 6) is 5.52. The molecule has 5 unspecified atom stereocenters. The average molecular weight is 684 g/mol. The minimum absolute atomic E-state index is 0.0453. The molecule has 3 heterocycles. The van der Waals surface area contributed by atoms with Gasteiger partial charge in [-0.1, -0.05) is 19.1 Å². The van der Waals surface area contributed by atoms with Crippen LogP contribution in [0.15, 0.2) is 66.9 Å². The van der Waals surface area contributed by atoms with E-state index >= 15 is 0 Å². The van der Waals surface area contributed by atoms with Gasteiger partial charge in [-0.05, 0) is 98.0 Å². The summed E-state index contributed by atoms with van der Waals surface area (Å²) in [6.07, 6.45) is 4.79. The molecule has 1 saturated heterocycles. The number of benzene rings is 3. The van der Waals surface area contributed by atoms with Crippen molar-refractivity contribution in [3.05, 3.63) is 107 Å². The first-order chi connectivity index (χ1) is 24.2. The predicted molar refractivity (Wildman–Crippen MR) is 183 cm³/mol. The van der Waals surface area contributed by atoms with Gasteiger partial charge in [0, 0.05) is 23.9 Å². The smallest absolute Gasteiger partial charge is 0.198 e. The third kappa shape index (κ3) is 6.64. The molecule has 13 heteroatoms. The van der Waals surface area contributed by atoms with Gasteiger partial charge in [0.05, 0.1) is 23.2 Å². The zero-order valence-corrected chi connectivity index (χ0v) is 27.7. The van der Waals surface area contributed by atoms with E-state index in [4.69, 9.17) is 20.3 Å². The molecule has 7 rings (SSSR count). The molecule has 0 bridgehead atoms. The van der Waals surface area contributed by atoms with Crippen molar-refractivity contribution in [2.24, 2.45) is 11.8 Å². The lowest BCUT2D eigenvalue weighted by Crippen LogP contribution is -2.37. The second-order valence-electron chi connectivity index (χ2n) is 13.0. The van der Waals surface area contributed by atoms with Crippen molar-refractivity contribution in [1.82, 2.24) is 31.2 Å². The number of carbonyl (C=O) groups excluding carboxylic acids is 1. The number of hydrogen-bond donors (Lipinski definition) is 6. The second kappa shape index (κ2) is 14.1. The largest absolute Gasteiger partial charge is 0.505 e. The number of imidazole rings is 1. The van der Waals surface area contributed by atoms with Crippen LogP contribution in [-0.4, -0.2) is 44.5 Å². The SMILES string of the molecule is CCc1cc(O)c(F)cc1C1CCC2C(C1)NNC2c1nc2ncc(C(=O)c3ccc(Oc4ccccc4F)cc3OCC(C)NN)cc2[nH]1. The van der Waals surface area contributed by atoms with Gasteiger partial charge >= 0.3 is 0 Å². The molecular formula is C37H39F2N7O4. The van der Waals surface area contributed by atoms with Crippen molar-refractivity contribution in [2.75, 3.05) is 6.61 Å². The van der Waals surface area contributed by atoms with E-state index in [-0.39, 0.29) is 65.2 Å². The number of phenolic OH excluding ortho intramolecular Hbond substituents is 1. The highest BCUT2D eigenvalue weighted by molar-refractivity contribution is 6.11. The molecule has 0 radical (unpaired) electrons. The van der Waals surface area contributed by atoms with Crippen molar-refractivity contribution >= 4 is 16.9 Å². The number of aromatic amines is 1. The number of hydrazine groups is 2. The molecule has 2 aromatic heterocycles. The third-order valence-corrected chi connectivity index (χ3v) is 9.73. The Morgan fingerprint density at radius 1 is 1.08 bits per heavy atom. The third-order valence-electron chi connectivity index (χ3n) is 9.73. The number of carbonyl (C=O) groups is 1. The number of rotatable bonds is 11. The Bertz CT molecular complexity index is 2040. The summed E-state index contributed by atoms with van der Waals surface area (Å²) in [6, 6.07) is 15.3. The number of pyridine rings is 1. The number of aryl methyl sites for hydroxylation is 1. The van der Waals surface area contributed by atoms with E-state index in [0.29, 0.717) is 34.7 Å². The molecule has 260 valence electrons. The van der Waals surface area contributed by atoms with E-state index in [9.17, 15) is 18.7 Å². The molecule has 2 aliphatic rings. The number of nitrogens with zero attached hydrogens (tertiary/aromatic N) is 2. The predicted octanol–water partition coefficient (Wildman–Crippen LogP) is 5.86. The second-order valence-corrected chi connectivity index (χ2v) is 13.0. The Kier molecular flexibility index (Phi) is 9.47. The molecule has 0 spiro atoms. The van der Waals surface area contributed by atoms with Crippen molar-refractivity contribution in [2.45, 2.75) is 63.6 Å². The Labute approximate surface area is 287 Å². The van der Waals surface area contributed by atoms with Crippen LogP contribution < -0.4 is 31.6 Å². The van der Waals surface area contributed by atoms with Gasteiger partial charge in [0.15, 0.2) is 34.6 Å². The summed E-state index contributed by atoms with van der Waals surface area (Å²) >= 11 is 0. The zero-order valence-electron chi connectivity index (χ0n) is 27.7. The van der Waals surface area contributed by atoms with Crippen molar-refractivity contribution in [1.29, 1.82) is 0 Å². The Hall–Kier alpha value is -4.95. The lowest BCUT2D eigenvalue weighted by atomic mass is 9.73. The molecule has 2 fully saturated rings. The number of nitrogens with two attached hydrogens (primary N) is 1. The molecule has 0 amide bonds. The number of halogens is 2. The topological polar surface area (TPSA) is 159 Å². The number of ketones is 1. The Morgan fingerprint density at radius 3 is 2.72 bits per heavy atom. The van der Waals surface area contributed by atoms with Gasteiger partial charge in [-0.3, -0.25) is 21.5 Å². The maximum Gasteiger partial charge on any atom is 0.198 e. The molecule has 5 aromatic rings. The van der Waals surface area contributed by atoms with E-state index in [1.165, 1.54) is 24.4 Å². The molecule has 11 nitrogen and oxygen atoms in total. The summed E-state index contributed by atoms with van der Waals surface area (Å²) < 4.78 is 40.3. The minimum atomic E-state index is -0.588. The fourth-order valence-corrected chi connectivity index (χ4v) is 7.06. The lowest BCUT2D eigenvalue weighted by Gasteiger charge is -2.33. The van der Waals surface area contributed by atoms with E-state index in [2.05, 4.69) is 26.2 Å². The van der Waals surface area contributed by atoms with Gasteiger partial charge in [-0.15, -0.1) is 0 Å². The van der Waals surface area contributed by atoms with Crippen LogP contribution in [0.1, 0.15) is 77.9 Å². The van der Waals surface area contributed by atoms with Crippen LogP contribution in [0.4, 0.5) is 8.78 Å². The number of H-pyrrole nitrogens is 1. The number of nitrogens with one attached hydrogen (secondary N) is 4. The monoisotopic (exact) mass is 683 g/mol. The number of phenols is 1. The molecule has 1 aliphatic heterocycles. The van der Waals surface area contributed by atoms with Gasteiger partial charge in [0.25, 0.3) is 0 Å². The van der Waals surface area contributed by atoms with Gasteiger partial charge in [-0.2, -0.15) is 0 Å². The van der Waals surface area contributed by atoms with Crippen molar-refractivity contribution < 1.29 is 28.2 Å². The maximum atomic E-state index is 14.3. The van der Waals surface area contributed by atoms with Gasteiger partial charge in [0.2, 0.25) is 0 Å². The summed E-state index contributed by atoms with van der Waals surface area (Å²) in [5, 5.41) is 9.90. The Morgan fingerprint density at radius 2 is 1.92 bits per heavy atom. The van der Waals surface area contributed by atoms with Crippen LogP contribution >= 0.6 is 0 Å². The van der Waals surface area contributed by atoms with E-state index in [1.807, 2.05) is 13.8 Å². The molecular weight excluding hydrogens is 644 g/mol. The first-order valence-corrected chi connectivity index (χ1v) is 16.8. The van der Waals surface area contributed by atoms with Crippen LogP contribution in [0.5, 0.6) is 23.0 Å². The lowest BCUT2D eigenvalue weighted by molar-refractivity contribution is 0.103.